The third-order valence-electron chi connectivity index (χ3n) is 2.80. The fraction of sp³-hybridized carbons (Fsp3) is 0.462. The summed E-state index contributed by atoms with van der Waals surface area (Å²) in [7, 11) is 0. The molecule has 1 N–H and O–H groups in total. The van der Waals surface area contributed by atoms with Crippen molar-refractivity contribution in [3.63, 3.8) is 0 Å². The Hall–Kier alpha value is -1.06. The van der Waals surface area contributed by atoms with Gasteiger partial charge in [-0.05, 0) is 31.0 Å². The number of fused-ring (bicyclic) bond motifs is 1. The number of aliphatic hydroxyl groups excluding tert-OH is 1. The van der Waals surface area contributed by atoms with E-state index in [-0.39, 0.29) is 6.61 Å². The van der Waals surface area contributed by atoms with E-state index in [9.17, 15) is 0 Å². The van der Waals surface area contributed by atoms with Crippen LogP contribution in [0.1, 0.15) is 25.6 Å². The summed E-state index contributed by atoms with van der Waals surface area (Å²) in [5, 5.41) is 9.65. The molecule has 0 fully saturated rings. The molecule has 2 rings (SSSR count). The molecule has 0 saturated heterocycles. The quantitative estimate of drug-likeness (QED) is 0.888. The van der Waals surface area contributed by atoms with Gasteiger partial charge in [-0.15, -0.1) is 0 Å². The summed E-state index contributed by atoms with van der Waals surface area (Å²) < 4.78 is 2.21. The molecule has 0 aliphatic carbocycles. The summed E-state index contributed by atoms with van der Waals surface area (Å²) in [6.45, 7) is 3.29. The Morgan fingerprint density at radius 2 is 2.24 bits per heavy atom. The van der Waals surface area contributed by atoms with Gasteiger partial charge < -0.3 is 9.67 Å². The standard InChI is InChI=1S/C13H17ClN2O/c1-2-7-16-12-9-10(14)5-6-11(12)15-13(16)4-3-8-17/h5-6,9,17H,2-4,7-8H2,1H3. The van der Waals surface area contributed by atoms with Crippen molar-refractivity contribution in [3.8, 4) is 0 Å². The molecule has 0 aliphatic heterocycles. The number of aryl methyl sites for hydroxylation is 2. The normalized spacial score (nSPS) is 11.2. The molecular weight excluding hydrogens is 236 g/mol. The molecule has 0 spiro atoms. The molecule has 2 aromatic rings. The van der Waals surface area contributed by atoms with E-state index in [1.54, 1.807) is 0 Å². The molecule has 1 heterocycles. The molecule has 17 heavy (non-hydrogen) atoms. The number of nitrogens with zero attached hydrogens (tertiary/aromatic N) is 2. The minimum absolute atomic E-state index is 0.204. The monoisotopic (exact) mass is 252 g/mol. The molecule has 4 heteroatoms. The van der Waals surface area contributed by atoms with E-state index in [0.717, 1.165) is 47.7 Å². The molecule has 3 nitrogen and oxygen atoms in total. The number of halogens is 1. The third kappa shape index (κ3) is 2.61. The van der Waals surface area contributed by atoms with Gasteiger partial charge in [0.2, 0.25) is 0 Å². The van der Waals surface area contributed by atoms with Crippen molar-refractivity contribution in [2.75, 3.05) is 6.61 Å². The lowest BCUT2D eigenvalue weighted by molar-refractivity contribution is 0.287. The summed E-state index contributed by atoms with van der Waals surface area (Å²) >= 11 is 6.02. The van der Waals surface area contributed by atoms with Crippen LogP contribution in [0.5, 0.6) is 0 Å². The van der Waals surface area contributed by atoms with Crippen molar-refractivity contribution in [1.82, 2.24) is 9.55 Å². The van der Waals surface area contributed by atoms with E-state index >= 15 is 0 Å². The third-order valence-corrected chi connectivity index (χ3v) is 3.03. The predicted molar refractivity (Wildman–Crippen MR) is 70.4 cm³/mol. The molecular formula is C13H17ClN2O. The highest BCUT2D eigenvalue weighted by molar-refractivity contribution is 6.31. The predicted octanol–water partition coefficient (Wildman–Crippen LogP) is 3.02. The minimum atomic E-state index is 0.204. The number of benzene rings is 1. The zero-order chi connectivity index (χ0) is 12.3. The van der Waals surface area contributed by atoms with Gasteiger partial charge in [-0.3, -0.25) is 0 Å². The van der Waals surface area contributed by atoms with Crippen LogP contribution in [0.3, 0.4) is 0 Å². The Bertz CT molecular complexity index is 507. The van der Waals surface area contributed by atoms with E-state index in [1.165, 1.54) is 0 Å². The van der Waals surface area contributed by atoms with Crippen molar-refractivity contribution < 1.29 is 5.11 Å². The second-order valence-corrected chi connectivity index (χ2v) is 4.58. The molecule has 92 valence electrons. The van der Waals surface area contributed by atoms with Gasteiger partial charge in [0.15, 0.2) is 0 Å². The largest absolute Gasteiger partial charge is 0.396 e. The van der Waals surface area contributed by atoms with E-state index in [2.05, 4.69) is 16.5 Å². The van der Waals surface area contributed by atoms with Gasteiger partial charge in [0, 0.05) is 24.6 Å². The van der Waals surface area contributed by atoms with Gasteiger partial charge in [-0.1, -0.05) is 18.5 Å². The zero-order valence-electron chi connectivity index (χ0n) is 9.99. The number of aromatic nitrogens is 2. The minimum Gasteiger partial charge on any atom is -0.396 e. The average Bonchev–Trinajstić information content (AvgIpc) is 2.65. The number of hydrogen-bond donors (Lipinski definition) is 1. The Morgan fingerprint density at radius 1 is 1.41 bits per heavy atom. The SMILES string of the molecule is CCCn1c(CCCO)nc2ccc(Cl)cc21. The molecule has 0 amide bonds. The summed E-state index contributed by atoms with van der Waals surface area (Å²) in [6.07, 6.45) is 2.62. The lowest BCUT2D eigenvalue weighted by Gasteiger charge is -2.07. The summed E-state index contributed by atoms with van der Waals surface area (Å²) in [6, 6.07) is 5.78. The van der Waals surface area contributed by atoms with Crippen molar-refractivity contribution in [2.24, 2.45) is 0 Å². The van der Waals surface area contributed by atoms with Crippen LogP contribution in [-0.4, -0.2) is 21.3 Å². The van der Waals surface area contributed by atoms with Gasteiger partial charge in [-0.25, -0.2) is 4.98 Å². The first-order chi connectivity index (χ1) is 8.26. The van der Waals surface area contributed by atoms with Crippen LogP contribution in [0.4, 0.5) is 0 Å². The molecule has 0 unspecified atom stereocenters. The van der Waals surface area contributed by atoms with Gasteiger partial charge in [0.1, 0.15) is 5.82 Å². The van der Waals surface area contributed by atoms with E-state index in [1.807, 2.05) is 18.2 Å². The average molecular weight is 253 g/mol. The number of hydrogen-bond acceptors (Lipinski definition) is 2. The fourth-order valence-corrected chi connectivity index (χ4v) is 2.21. The topological polar surface area (TPSA) is 38.0 Å². The Kier molecular flexibility index (Phi) is 4.02. The molecule has 0 atom stereocenters. The van der Waals surface area contributed by atoms with Crippen LogP contribution in [-0.2, 0) is 13.0 Å². The highest BCUT2D eigenvalue weighted by Gasteiger charge is 2.09. The van der Waals surface area contributed by atoms with Crippen LogP contribution >= 0.6 is 11.6 Å². The van der Waals surface area contributed by atoms with Gasteiger partial charge in [-0.2, -0.15) is 0 Å². The molecule has 1 aromatic carbocycles. The fourth-order valence-electron chi connectivity index (χ4n) is 2.05. The van der Waals surface area contributed by atoms with Crippen LogP contribution in [0, 0.1) is 0 Å². The lowest BCUT2D eigenvalue weighted by Crippen LogP contribution is -2.04. The smallest absolute Gasteiger partial charge is 0.109 e. The first kappa shape index (κ1) is 12.4. The van der Waals surface area contributed by atoms with E-state index in [4.69, 9.17) is 16.7 Å². The van der Waals surface area contributed by atoms with Gasteiger partial charge >= 0.3 is 0 Å². The summed E-state index contributed by atoms with van der Waals surface area (Å²) in [5.41, 5.74) is 2.07. The van der Waals surface area contributed by atoms with E-state index in [0.29, 0.717) is 0 Å². The maximum absolute atomic E-state index is 8.91. The molecule has 1 aromatic heterocycles. The van der Waals surface area contributed by atoms with Crippen LogP contribution in [0.25, 0.3) is 11.0 Å². The van der Waals surface area contributed by atoms with E-state index < -0.39 is 0 Å². The Morgan fingerprint density at radius 3 is 2.94 bits per heavy atom. The second kappa shape index (κ2) is 5.52. The van der Waals surface area contributed by atoms with Crippen LogP contribution in [0.2, 0.25) is 5.02 Å². The van der Waals surface area contributed by atoms with Gasteiger partial charge in [0.25, 0.3) is 0 Å². The molecule has 0 radical (unpaired) electrons. The highest BCUT2D eigenvalue weighted by Crippen LogP contribution is 2.21. The van der Waals surface area contributed by atoms with Crippen molar-refractivity contribution in [1.29, 1.82) is 0 Å². The summed E-state index contributed by atoms with van der Waals surface area (Å²) in [5.74, 6) is 1.04. The number of rotatable bonds is 5. The highest BCUT2D eigenvalue weighted by atomic mass is 35.5. The van der Waals surface area contributed by atoms with Crippen molar-refractivity contribution in [3.05, 3.63) is 29.0 Å². The van der Waals surface area contributed by atoms with Crippen molar-refractivity contribution >= 4 is 22.6 Å². The number of aliphatic hydroxyl groups is 1. The molecule has 0 saturated carbocycles. The molecule has 0 aliphatic rings. The first-order valence-corrected chi connectivity index (χ1v) is 6.39. The second-order valence-electron chi connectivity index (χ2n) is 4.14. The van der Waals surface area contributed by atoms with Crippen LogP contribution < -0.4 is 0 Å². The van der Waals surface area contributed by atoms with Crippen molar-refractivity contribution in [2.45, 2.75) is 32.7 Å². The zero-order valence-corrected chi connectivity index (χ0v) is 10.7. The Balaban J connectivity index is 2.46. The lowest BCUT2D eigenvalue weighted by atomic mass is 10.3. The van der Waals surface area contributed by atoms with Crippen LogP contribution in [0.15, 0.2) is 18.2 Å². The summed E-state index contributed by atoms with van der Waals surface area (Å²) in [4.78, 5) is 4.60. The maximum Gasteiger partial charge on any atom is 0.109 e. The molecule has 0 bridgehead atoms. The number of imidazole rings is 1. The Labute approximate surface area is 106 Å². The maximum atomic E-state index is 8.91. The first-order valence-electron chi connectivity index (χ1n) is 6.01. The van der Waals surface area contributed by atoms with Gasteiger partial charge in [0.05, 0.1) is 11.0 Å².